The third kappa shape index (κ3) is 4.40. The Morgan fingerprint density at radius 1 is 1.00 bits per heavy atom. The van der Waals surface area contributed by atoms with Crippen LogP contribution < -0.4 is 4.90 Å². The van der Waals surface area contributed by atoms with Crippen molar-refractivity contribution in [2.45, 2.75) is 24.3 Å². The number of rotatable bonds is 5. The third-order valence-corrected chi connectivity index (χ3v) is 7.80. The normalized spacial score (nSPS) is 19.0. The van der Waals surface area contributed by atoms with Crippen LogP contribution in [-0.2, 0) is 16.6 Å². The first-order valence-electron chi connectivity index (χ1n) is 9.81. The number of sulfonamides is 1. The van der Waals surface area contributed by atoms with Crippen LogP contribution in [0.25, 0.3) is 0 Å². The summed E-state index contributed by atoms with van der Waals surface area (Å²) >= 11 is 6.13. The standard InChI is InChI=1S/C20H24ClFN4O2S/c21-18-4-3-5-19(22)17(18)15-24-10-12-25(13-11-24)20-7-6-16(14-23-20)29(27,28)26-8-1-2-9-26/h3-7,14H,1-2,8-13,15H2. The van der Waals surface area contributed by atoms with E-state index in [-0.39, 0.29) is 10.7 Å². The highest BCUT2D eigenvalue weighted by atomic mass is 35.5. The van der Waals surface area contributed by atoms with E-state index in [0.29, 0.717) is 30.2 Å². The molecule has 0 amide bonds. The van der Waals surface area contributed by atoms with Crippen LogP contribution in [0.3, 0.4) is 0 Å². The van der Waals surface area contributed by atoms with Gasteiger partial charge in [0.2, 0.25) is 10.0 Å². The molecular weight excluding hydrogens is 415 g/mol. The van der Waals surface area contributed by atoms with Crippen LogP contribution in [0.4, 0.5) is 10.2 Å². The van der Waals surface area contributed by atoms with Gasteiger partial charge in [0.15, 0.2) is 0 Å². The molecule has 0 saturated carbocycles. The van der Waals surface area contributed by atoms with Crippen LogP contribution in [0.2, 0.25) is 5.02 Å². The van der Waals surface area contributed by atoms with Crippen molar-refractivity contribution in [2.24, 2.45) is 0 Å². The summed E-state index contributed by atoms with van der Waals surface area (Å²) in [5.41, 5.74) is 0.525. The Balaban J connectivity index is 1.37. The molecule has 0 N–H and O–H groups in total. The molecule has 2 fully saturated rings. The number of piperazine rings is 1. The Morgan fingerprint density at radius 2 is 1.72 bits per heavy atom. The van der Waals surface area contributed by atoms with Crippen molar-refractivity contribution in [3.63, 3.8) is 0 Å². The highest BCUT2D eigenvalue weighted by molar-refractivity contribution is 7.89. The van der Waals surface area contributed by atoms with Gasteiger partial charge in [0.1, 0.15) is 16.5 Å². The zero-order valence-electron chi connectivity index (χ0n) is 16.1. The number of aromatic nitrogens is 1. The van der Waals surface area contributed by atoms with Crippen molar-refractivity contribution < 1.29 is 12.8 Å². The molecule has 0 bridgehead atoms. The monoisotopic (exact) mass is 438 g/mol. The van der Waals surface area contributed by atoms with E-state index in [9.17, 15) is 12.8 Å². The van der Waals surface area contributed by atoms with E-state index in [2.05, 4.69) is 14.8 Å². The summed E-state index contributed by atoms with van der Waals surface area (Å²) in [7, 11) is -3.44. The molecule has 1 aromatic heterocycles. The van der Waals surface area contributed by atoms with Crippen molar-refractivity contribution in [2.75, 3.05) is 44.2 Å². The predicted octanol–water partition coefficient (Wildman–Crippen LogP) is 2.98. The second-order valence-electron chi connectivity index (χ2n) is 7.43. The lowest BCUT2D eigenvalue weighted by Crippen LogP contribution is -2.46. The topological polar surface area (TPSA) is 56.8 Å². The highest BCUT2D eigenvalue weighted by Gasteiger charge is 2.28. The summed E-state index contributed by atoms with van der Waals surface area (Å²) in [6.07, 6.45) is 3.27. The molecule has 2 aliphatic heterocycles. The first kappa shape index (κ1) is 20.5. The molecule has 0 aliphatic carbocycles. The Hall–Kier alpha value is -1.74. The summed E-state index contributed by atoms with van der Waals surface area (Å²) in [4.78, 5) is 8.92. The van der Waals surface area contributed by atoms with E-state index in [0.717, 1.165) is 44.8 Å². The fourth-order valence-corrected chi connectivity index (χ4v) is 5.52. The number of benzene rings is 1. The van der Waals surface area contributed by atoms with Crippen molar-refractivity contribution in [3.8, 4) is 0 Å². The molecule has 1 aromatic carbocycles. The quantitative estimate of drug-likeness (QED) is 0.718. The van der Waals surface area contributed by atoms with Crippen LogP contribution in [-0.4, -0.2) is 61.9 Å². The molecule has 0 atom stereocenters. The van der Waals surface area contributed by atoms with E-state index < -0.39 is 10.0 Å². The predicted molar refractivity (Wildman–Crippen MR) is 111 cm³/mol. The van der Waals surface area contributed by atoms with Crippen molar-refractivity contribution in [1.82, 2.24) is 14.2 Å². The molecular formula is C20H24ClFN4O2S. The SMILES string of the molecule is O=S(=O)(c1ccc(N2CCN(Cc3c(F)cccc3Cl)CC2)nc1)N1CCCC1. The van der Waals surface area contributed by atoms with Gasteiger partial charge in [-0.25, -0.2) is 17.8 Å². The number of hydrogen-bond acceptors (Lipinski definition) is 5. The highest BCUT2D eigenvalue weighted by Crippen LogP contribution is 2.24. The minimum Gasteiger partial charge on any atom is -0.354 e. The molecule has 6 nitrogen and oxygen atoms in total. The van der Waals surface area contributed by atoms with Gasteiger partial charge in [-0.15, -0.1) is 0 Å². The van der Waals surface area contributed by atoms with E-state index in [4.69, 9.17) is 11.6 Å². The molecule has 2 aliphatic rings. The maximum atomic E-state index is 14.0. The molecule has 156 valence electrons. The minimum absolute atomic E-state index is 0.246. The summed E-state index contributed by atoms with van der Waals surface area (Å²) in [6, 6.07) is 8.16. The Labute approximate surface area is 175 Å². The number of pyridine rings is 1. The van der Waals surface area contributed by atoms with Gasteiger partial charge in [-0.1, -0.05) is 17.7 Å². The zero-order chi connectivity index (χ0) is 20.4. The smallest absolute Gasteiger partial charge is 0.244 e. The van der Waals surface area contributed by atoms with Gasteiger partial charge < -0.3 is 4.90 Å². The molecule has 2 aromatic rings. The Bertz CT molecular complexity index is 937. The molecule has 0 spiro atoms. The summed E-state index contributed by atoms with van der Waals surface area (Å²) < 4.78 is 40.8. The molecule has 9 heteroatoms. The fourth-order valence-electron chi connectivity index (χ4n) is 3.83. The van der Waals surface area contributed by atoms with E-state index >= 15 is 0 Å². The minimum atomic E-state index is -3.44. The van der Waals surface area contributed by atoms with Crippen LogP contribution in [0, 0.1) is 5.82 Å². The summed E-state index contributed by atoms with van der Waals surface area (Å²) in [6.45, 7) is 4.60. The van der Waals surface area contributed by atoms with Gasteiger partial charge in [0, 0.05) is 62.6 Å². The van der Waals surface area contributed by atoms with Crippen molar-refractivity contribution in [3.05, 3.63) is 52.9 Å². The second-order valence-corrected chi connectivity index (χ2v) is 9.77. The van der Waals surface area contributed by atoms with Crippen LogP contribution >= 0.6 is 11.6 Å². The zero-order valence-corrected chi connectivity index (χ0v) is 17.7. The fraction of sp³-hybridized carbons (Fsp3) is 0.450. The lowest BCUT2D eigenvalue weighted by Gasteiger charge is -2.35. The first-order valence-corrected chi connectivity index (χ1v) is 11.6. The number of anilines is 1. The maximum absolute atomic E-state index is 14.0. The van der Waals surface area contributed by atoms with Crippen molar-refractivity contribution >= 4 is 27.4 Å². The number of nitrogens with zero attached hydrogens (tertiary/aromatic N) is 4. The average Bonchev–Trinajstić information content (AvgIpc) is 3.27. The molecule has 2 saturated heterocycles. The molecule has 29 heavy (non-hydrogen) atoms. The second kappa shape index (κ2) is 8.55. The van der Waals surface area contributed by atoms with E-state index in [1.54, 1.807) is 24.3 Å². The van der Waals surface area contributed by atoms with Gasteiger partial charge >= 0.3 is 0 Å². The molecule has 0 unspecified atom stereocenters. The van der Waals surface area contributed by atoms with Gasteiger partial charge in [-0.2, -0.15) is 4.31 Å². The molecule has 0 radical (unpaired) electrons. The lowest BCUT2D eigenvalue weighted by molar-refractivity contribution is 0.246. The van der Waals surface area contributed by atoms with Crippen LogP contribution in [0.5, 0.6) is 0 Å². The molecule has 3 heterocycles. The van der Waals surface area contributed by atoms with Crippen LogP contribution in [0.1, 0.15) is 18.4 Å². The average molecular weight is 439 g/mol. The van der Waals surface area contributed by atoms with Gasteiger partial charge in [0.25, 0.3) is 0 Å². The Kier molecular flexibility index (Phi) is 6.06. The number of halogens is 2. The molecule has 4 rings (SSSR count). The largest absolute Gasteiger partial charge is 0.354 e. The van der Waals surface area contributed by atoms with E-state index in [1.807, 2.05) is 0 Å². The summed E-state index contributed by atoms with van der Waals surface area (Å²) in [5.74, 6) is 0.477. The van der Waals surface area contributed by atoms with Crippen molar-refractivity contribution in [1.29, 1.82) is 0 Å². The summed E-state index contributed by atoms with van der Waals surface area (Å²) in [5, 5.41) is 0.448. The Morgan fingerprint density at radius 3 is 2.34 bits per heavy atom. The van der Waals surface area contributed by atoms with Crippen LogP contribution in [0.15, 0.2) is 41.4 Å². The first-order chi connectivity index (χ1) is 13.9. The van der Waals surface area contributed by atoms with Gasteiger partial charge in [-0.05, 0) is 37.1 Å². The number of hydrogen-bond donors (Lipinski definition) is 0. The maximum Gasteiger partial charge on any atom is 0.244 e. The lowest BCUT2D eigenvalue weighted by atomic mass is 10.2. The van der Waals surface area contributed by atoms with Gasteiger partial charge in [-0.3, -0.25) is 4.90 Å². The third-order valence-electron chi connectivity index (χ3n) is 5.56. The van der Waals surface area contributed by atoms with Gasteiger partial charge in [0.05, 0.1) is 0 Å². The van der Waals surface area contributed by atoms with E-state index in [1.165, 1.54) is 16.6 Å².